The van der Waals surface area contributed by atoms with Gasteiger partial charge in [0, 0.05) is 35.7 Å². The molecule has 0 aliphatic carbocycles. The van der Waals surface area contributed by atoms with E-state index >= 15 is 0 Å². The highest BCUT2D eigenvalue weighted by Crippen LogP contribution is 2.34. The Bertz CT molecular complexity index is 586. The molecule has 104 valence electrons. The summed E-state index contributed by atoms with van der Waals surface area (Å²) in [7, 11) is 0. The zero-order chi connectivity index (χ0) is 12.7. The molecule has 0 saturated heterocycles. The van der Waals surface area contributed by atoms with E-state index in [2.05, 4.69) is 48.9 Å². The molecule has 1 aromatic heterocycles. The van der Waals surface area contributed by atoms with Crippen molar-refractivity contribution in [3.05, 3.63) is 35.0 Å². The summed E-state index contributed by atoms with van der Waals surface area (Å²) < 4.78 is 2.53. The van der Waals surface area contributed by atoms with Gasteiger partial charge < -0.3 is 9.88 Å². The van der Waals surface area contributed by atoms with Gasteiger partial charge >= 0.3 is 0 Å². The molecule has 0 spiro atoms. The van der Waals surface area contributed by atoms with E-state index < -0.39 is 0 Å². The van der Waals surface area contributed by atoms with Crippen LogP contribution in [0.2, 0.25) is 0 Å². The molecule has 2 heterocycles. The first kappa shape index (κ1) is 14.4. The second kappa shape index (κ2) is 5.56. The van der Waals surface area contributed by atoms with Crippen LogP contribution in [0.15, 0.2) is 18.2 Å². The zero-order valence-electron chi connectivity index (χ0n) is 12.0. The van der Waals surface area contributed by atoms with Gasteiger partial charge in [-0.05, 0) is 38.0 Å². The SMILES string of the molecule is CCCC1NCCn2c1c(C)c1cc(C)ccc12.Cl. The fourth-order valence-corrected chi connectivity index (χ4v) is 3.32. The Hall–Kier alpha value is -0.990. The molecule has 1 N–H and O–H groups in total. The molecule has 2 nitrogen and oxygen atoms in total. The Kier molecular flexibility index (Phi) is 4.22. The minimum Gasteiger partial charge on any atom is -0.342 e. The summed E-state index contributed by atoms with van der Waals surface area (Å²) in [6.07, 6.45) is 2.47. The van der Waals surface area contributed by atoms with Crippen molar-refractivity contribution in [2.24, 2.45) is 0 Å². The summed E-state index contributed by atoms with van der Waals surface area (Å²) in [4.78, 5) is 0. The third-order valence-electron chi connectivity index (χ3n) is 4.16. The maximum atomic E-state index is 3.67. The molecule has 1 aliphatic rings. The van der Waals surface area contributed by atoms with Gasteiger partial charge in [0.1, 0.15) is 0 Å². The van der Waals surface area contributed by atoms with E-state index in [-0.39, 0.29) is 12.4 Å². The van der Waals surface area contributed by atoms with Crippen LogP contribution in [0.3, 0.4) is 0 Å². The number of halogens is 1. The first-order valence-corrected chi connectivity index (χ1v) is 7.05. The van der Waals surface area contributed by atoms with Crippen molar-refractivity contribution in [2.45, 2.75) is 46.2 Å². The van der Waals surface area contributed by atoms with Crippen LogP contribution in [-0.2, 0) is 6.54 Å². The second-order valence-corrected chi connectivity index (χ2v) is 5.48. The van der Waals surface area contributed by atoms with E-state index in [4.69, 9.17) is 0 Å². The van der Waals surface area contributed by atoms with E-state index in [1.165, 1.54) is 40.6 Å². The van der Waals surface area contributed by atoms with E-state index in [9.17, 15) is 0 Å². The standard InChI is InChI=1S/C16H22N2.ClH/c1-4-5-14-16-12(3)13-10-11(2)6-7-15(13)18(16)9-8-17-14;/h6-7,10,14,17H,4-5,8-9H2,1-3H3;1H. The normalized spacial score (nSPS) is 18.2. The average molecular weight is 279 g/mol. The lowest BCUT2D eigenvalue weighted by Crippen LogP contribution is -2.33. The maximum absolute atomic E-state index is 3.67. The third-order valence-corrected chi connectivity index (χ3v) is 4.16. The molecule has 0 radical (unpaired) electrons. The number of aromatic nitrogens is 1. The van der Waals surface area contributed by atoms with Crippen molar-refractivity contribution < 1.29 is 0 Å². The number of nitrogens with one attached hydrogen (secondary N) is 1. The minimum absolute atomic E-state index is 0. The van der Waals surface area contributed by atoms with Crippen molar-refractivity contribution in [1.29, 1.82) is 0 Å². The van der Waals surface area contributed by atoms with Crippen LogP contribution in [0, 0.1) is 13.8 Å². The zero-order valence-corrected chi connectivity index (χ0v) is 12.8. The quantitative estimate of drug-likeness (QED) is 0.874. The number of hydrogen-bond donors (Lipinski definition) is 1. The highest BCUT2D eigenvalue weighted by atomic mass is 35.5. The van der Waals surface area contributed by atoms with Crippen LogP contribution in [0.5, 0.6) is 0 Å². The molecule has 0 fully saturated rings. The van der Waals surface area contributed by atoms with Crippen LogP contribution in [-0.4, -0.2) is 11.1 Å². The number of hydrogen-bond acceptors (Lipinski definition) is 1. The molecule has 19 heavy (non-hydrogen) atoms. The van der Waals surface area contributed by atoms with Crippen LogP contribution in [0.4, 0.5) is 0 Å². The van der Waals surface area contributed by atoms with Gasteiger partial charge in [0.05, 0.1) is 0 Å². The predicted molar refractivity (Wildman–Crippen MR) is 84.3 cm³/mol. The highest BCUT2D eigenvalue weighted by molar-refractivity contribution is 5.86. The molecule has 0 saturated carbocycles. The number of rotatable bonds is 2. The number of fused-ring (bicyclic) bond motifs is 3. The van der Waals surface area contributed by atoms with Gasteiger partial charge in [-0.25, -0.2) is 0 Å². The van der Waals surface area contributed by atoms with Gasteiger partial charge in [-0.15, -0.1) is 12.4 Å². The smallest absolute Gasteiger partial charge is 0.0486 e. The van der Waals surface area contributed by atoms with E-state index in [1.54, 1.807) is 0 Å². The summed E-state index contributed by atoms with van der Waals surface area (Å²) in [5, 5.41) is 5.11. The van der Waals surface area contributed by atoms with Gasteiger partial charge in [-0.2, -0.15) is 0 Å². The molecule has 1 atom stereocenters. The van der Waals surface area contributed by atoms with E-state index in [0.717, 1.165) is 13.1 Å². The van der Waals surface area contributed by atoms with Gasteiger partial charge in [0.15, 0.2) is 0 Å². The molecule has 0 amide bonds. The Morgan fingerprint density at radius 3 is 2.84 bits per heavy atom. The molecule has 1 unspecified atom stereocenters. The molecule has 0 bridgehead atoms. The molecule has 1 aromatic carbocycles. The van der Waals surface area contributed by atoms with Crippen LogP contribution in [0.25, 0.3) is 10.9 Å². The van der Waals surface area contributed by atoms with Crippen molar-refractivity contribution in [1.82, 2.24) is 9.88 Å². The average Bonchev–Trinajstić information content (AvgIpc) is 2.64. The molecular formula is C16H23ClN2. The highest BCUT2D eigenvalue weighted by Gasteiger charge is 2.24. The summed E-state index contributed by atoms with van der Waals surface area (Å²) in [5.74, 6) is 0. The molecular weight excluding hydrogens is 256 g/mol. The van der Waals surface area contributed by atoms with Gasteiger partial charge in [-0.3, -0.25) is 0 Å². The largest absolute Gasteiger partial charge is 0.342 e. The summed E-state index contributed by atoms with van der Waals surface area (Å²) in [6.45, 7) is 8.92. The second-order valence-electron chi connectivity index (χ2n) is 5.48. The monoisotopic (exact) mass is 278 g/mol. The Morgan fingerprint density at radius 1 is 1.32 bits per heavy atom. The van der Waals surface area contributed by atoms with Crippen molar-refractivity contribution >= 4 is 23.3 Å². The van der Waals surface area contributed by atoms with Gasteiger partial charge in [0.2, 0.25) is 0 Å². The minimum atomic E-state index is 0. The summed E-state index contributed by atoms with van der Waals surface area (Å²) in [6, 6.07) is 7.39. The van der Waals surface area contributed by atoms with Crippen molar-refractivity contribution in [2.75, 3.05) is 6.54 Å². The molecule has 1 aliphatic heterocycles. The molecule has 3 rings (SSSR count). The van der Waals surface area contributed by atoms with Crippen LogP contribution in [0.1, 0.15) is 42.6 Å². The molecule has 2 aromatic rings. The summed E-state index contributed by atoms with van der Waals surface area (Å²) >= 11 is 0. The van der Waals surface area contributed by atoms with Crippen LogP contribution >= 0.6 is 12.4 Å². The maximum Gasteiger partial charge on any atom is 0.0486 e. The first-order valence-electron chi connectivity index (χ1n) is 7.05. The third kappa shape index (κ3) is 2.28. The van der Waals surface area contributed by atoms with Crippen molar-refractivity contribution in [3.63, 3.8) is 0 Å². The fraction of sp³-hybridized carbons (Fsp3) is 0.500. The Labute approximate surface area is 121 Å². The van der Waals surface area contributed by atoms with Gasteiger partial charge in [0.25, 0.3) is 0 Å². The lowest BCUT2D eigenvalue weighted by atomic mass is 10.0. The summed E-state index contributed by atoms with van der Waals surface area (Å²) in [5.41, 5.74) is 5.76. The van der Waals surface area contributed by atoms with E-state index in [0.29, 0.717) is 6.04 Å². The lowest BCUT2D eigenvalue weighted by molar-refractivity contribution is 0.407. The number of aryl methyl sites for hydroxylation is 2. The Balaban J connectivity index is 0.00000133. The Morgan fingerprint density at radius 2 is 2.11 bits per heavy atom. The topological polar surface area (TPSA) is 17.0 Å². The lowest BCUT2D eigenvalue weighted by Gasteiger charge is -2.27. The first-order chi connectivity index (χ1) is 8.72. The fourth-order valence-electron chi connectivity index (χ4n) is 3.32. The van der Waals surface area contributed by atoms with Crippen molar-refractivity contribution in [3.8, 4) is 0 Å². The molecule has 3 heteroatoms. The van der Waals surface area contributed by atoms with Gasteiger partial charge in [-0.1, -0.05) is 25.0 Å². The van der Waals surface area contributed by atoms with Crippen LogP contribution < -0.4 is 5.32 Å². The van der Waals surface area contributed by atoms with E-state index in [1.807, 2.05) is 0 Å². The number of nitrogens with zero attached hydrogens (tertiary/aromatic N) is 1. The number of benzene rings is 1. The predicted octanol–water partition coefficient (Wildman–Crippen LogP) is 4.12.